The fourth-order valence-electron chi connectivity index (χ4n) is 2.48. The van der Waals surface area contributed by atoms with Crippen molar-refractivity contribution < 1.29 is 22.7 Å². The Morgan fingerprint density at radius 1 is 1.35 bits per heavy atom. The number of sulfone groups is 1. The zero-order valence-electron chi connectivity index (χ0n) is 10.3. The smallest absolute Gasteiger partial charge is 0.336 e. The number of rotatable bonds is 1. The van der Waals surface area contributed by atoms with Crippen LogP contribution in [0.1, 0.15) is 21.6 Å². The molecule has 0 spiro atoms. The van der Waals surface area contributed by atoms with Crippen LogP contribution in [-0.4, -0.2) is 30.2 Å². The van der Waals surface area contributed by atoms with Crippen LogP contribution in [0, 0.1) is 5.82 Å². The topological polar surface area (TPSA) is 84.3 Å². The Labute approximate surface area is 114 Å². The van der Waals surface area contributed by atoms with Crippen molar-refractivity contribution in [2.45, 2.75) is 12.2 Å². The van der Waals surface area contributed by atoms with Crippen molar-refractivity contribution in [3.05, 3.63) is 40.8 Å². The number of hydrogen-bond donors (Lipinski definition) is 1. The summed E-state index contributed by atoms with van der Waals surface area (Å²) in [5.41, 5.74) is 0.854. The Morgan fingerprint density at radius 2 is 2.10 bits per heavy atom. The number of nitrogens with zero attached hydrogens (tertiary/aromatic N) is 1. The summed E-state index contributed by atoms with van der Waals surface area (Å²) in [4.78, 5) is 15.7. The van der Waals surface area contributed by atoms with E-state index in [1.807, 2.05) is 0 Å². The Hall–Kier alpha value is -2.02. The molecule has 0 atom stereocenters. The van der Waals surface area contributed by atoms with Gasteiger partial charge in [0.15, 0.2) is 9.84 Å². The lowest BCUT2D eigenvalue weighted by Gasteiger charge is -2.19. The van der Waals surface area contributed by atoms with Crippen LogP contribution in [0.25, 0.3) is 10.9 Å². The van der Waals surface area contributed by atoms with E-state index in [4.69, 9.17) is 0 Å². The molecule has 2 heterocycles. The van der Waals surface area contributed by atoms with E-state index in [0.717, 1.165) is 6.07 Å². The van der Waals surface area contributed by atoms with Gasteiger partial charge in [-0.2, -0.15) is 0 Å². The van der Waals surface area contributed by atoms with Crippen LogP contribution in [0.15, 0.2) is 18.2 Å². The molecule has 0 fully saturated rings. The number of benzene rings is 1. The molecule has 1 aliphatic rings. The van der Waals surface area contributed by atoms with E-state index >= 15 is 0 Å². The number of pyridine rings is 1. The molecule has 0 radical (unpaired) electrons. The highest BCUT2D eigenvalue weighted by Crippen LogP contribution is 2.29. The predicted molar refractivity (Wildman–Crippen MR) is 69.9 cm³/mol. The number of carboxylic acid groups (broad SMARTS) is 1. The molecule has 1 aliphatic heterocycles. The number of hydrogen-bond acceptors (Lipinski definition) is 4. The average molecular weight is 295 g/mol. The maximum atomic E-state index is 13.3. The standard InChI is InChI=1S/C13H10FNO4S/c14-7-1-2-10-8(5-7)12(13(16)17)9-6-20(18,19)4-3-11(9)15-10/h1-2,5H,3-4,6H2,(H,16,17). The van der Waals surface area contributed by atoms with Gasteiger partial charge in [-0.3, -0.25) is 4.98 Å². The first-order valence-electron chi connectivity index (χ1n) is 5.92. The van der Waals surface area contributed by atoms with Gasteiger partial charge >= 0.3 is 5.97 Å². The molecule has 1 N–H and O–H groups in total. The molecular formula is C13H10FNO4S. The summed E-state index contributed by atoms with van der Waals surface area (Å²) in [5, 5.41) is 9.49. The Balaban J connectivity index is 2.42. The third kappa shape index (κ3) is 2.03. The molecule has 5 nitrogen and oxygen atoms in total. The molecule has 7 heteroatoms. The van der Waals surface area contributed by atoms with Gasteiger partial charge in [0, 0.05) is 23.1 Å². The number of aromatic nitrogens is 1. The maximum Gasteiger partial charge on any atom is 0.336 e. The fourth-order valence-corrected chi connectivity index (χ4v) is 3.88. The van der Waals surface area contributed by atoms with Crippen molar-refractivity contribution >= 4 is 26.7 Å². The molecule has 3 rings (SSSR count). The highest BCUT2D eigenvalue weighted by atomic mass is 32.2. The monoisotopic (exact) mass is 295 g/mol. The Morgan fingerprint density at radius 3 is 2.80 bits per heavy atom. The highest BCUT2D eigenvalue weighted by molar-refractivity contribution is 7.90. The second-order valence-corrected chi connectivity index (χ2v) is 6.90. The number of aryl methyl sites for hydroxylation is 1. The number of carboxylic acids is 1. The van der Waals surface area contributed by atoms with Gasteiger partial charge in [-0.05, 0) is 18.2 Å². The zero-order valence-corrected chi connectivity index (χ0v) is 11.1. The van der Waals surface area contributed by atoms with Gasteiger partial charge in [0.2, 0.25) is 0 Å². The molecular weight excluding hydrogens is 285 g/mol. The summed E-state index contributed by atoms with van der Waals surface area (Å²) in [7, 11) is -3.33. The van der Waals surface area contributed by atoms with Crippen molar-refractivity contribution in [1.82, 2.24) is 4.98 Å². The summed E-state index contributed by atoms with van der Waals surface area (Å²) in [6.45, 7) is 0. The first-order chi connectivity index (χ1) is 9.37. The molecule has 0 bridgehead atoms. The third-order valence-corrected chi connectivity index (χ3v) is 4.92. The molecule has 1 aromatic heterocycles. The molecule has 2 aromatic rings. The minimum absolute atomic E-state index is 0.0429. The molecule has 0 aliphatic carbocycles. The third-order valence-electron chi connectivity index (χ3n) is 3.36. The second kappa shape index (κ2) is 4.24. The highest BCUT2D eigenvalue weighted by Gasteiger charge is 2.29. The molecule has 104 valence electrons. The van der Waals surface area contributed by atoms with Crippen LogP contribution < -0.4 is 0 Å². The summed E-state index contributed by atoms with van der Waals surface area (Å²) in [5.74, 6) is -2.25. The maximum absolute atomic E-state index is 13.3. The van der Waals surface area contributed by atoms with Crippen molar-refractivity contribution in [1.29, 1.82) is 0 Å². The fraction of sp³-hybridized carbons (Fsp3) is 0.231. The van der Waals surface area contributed by atoms with Crippen molar-refractivity contribution in [3.8, 4) is 0 Å². The average Bonchev–Trinajstić information content (AvgIpc) is 2.35. The van der Waals surface area contributed by atoms with Crippen LogP contribution in [-0.2, 0) is 22.0 Å². The number of aromatic carboxylic acids is 1. The molecule has 0 unspecified atom stereocenters. The van der Waals surface area contributed by atoms with E-state index in [1.165, 1.54) is 12.1 Å². The Bertz CT molecular complexity index is 845. The van der Waals surface area contributed by atoms with Crippen LogP contribution >= 0.6 is 0 Å². The van der Waals surface area contributed by atoms with Gasteiger partial charge in [-0.15, -0.1) is 0 Å². The quantitative estimate of drug-likeness (QED) is 0.862. The van der Waals surface area contributed by atoms with Crippen molar-refractivity contribution in [2.75, 3.05) is 5.75 Å². The van der Waals surface area contributed by atoms with Crippen molar-refractivity contribution in [3.63, 3.8) is 0 Å². The van der Waals surface area contributed by atoms with Crippen LogP contribution in [0.5, 0.6) is 0 Å². The van der Waals surface area contributed by atoms with Gasteiger partial charge in [0.25, 0.3) is 0 Å². The lowest BCUT2D eigenvalue weighted by atomic mass is 10.00. The van der Waals surface area contributed by atoms with Gasteiger partial charge in [-0.1, -0.05) is 0 Å². The van der Waals surface area contributed by atoms with E-state index in [2.05, 4.69) is 4.98 Å². The summed E-state index contributed by atoms with van der Waals surface area (Å²) >= 11 is 0. The normalized spacial score (nSPS) is 16.9. The molecule has 0 saturated heterocycles. The summed E-state index contributed by atoms with van der Waals surface area (Å²) < 4.78 is 36.7. The minimum Gasteiger partial charge on any atom is -0.478 e. The number of carbonyl (C=O) groups is 1. The summed E-state index contributed by atoms with van der Waals surface area (Å²) in [6.07, 6.45) is 0.186. The zero-order chi connectivity index (χ0) is 14.5. The van der Waals surface area contributed by atoms with E-state index in [9.17, 15) is 22.7 Å². The lowest BCUT2D eigenvalue weighted by Crippen LogP contribution is -2.23. The number of halogens is 1. The summed E-state index contributed by atoms with van der Waals surface area (Å²) in [6, 6.07) is 3.68. The van der Waals surface area contributed by atoms with E-state index in [1.54, 1.807) is 0 Å². The van der Waals surface area contributed by atoms with Gasteiger partial charge in [0.1, 0.15) is 5.82 Å². The largest absolute Gasteiger partial charge is 0.478 e. The molecule has 0 amide bonds. The first kappa shape index (κ1) is 13.0. The van der Waals surface area contributed by atoms with Crippen LogP contribution in [0.4, 0.5) is 4.39 Å². The number of fused-ring (bicyclic) bond motifs is 2. The van der Waals surface area contributed by atoms with Crippen LogP contribution in [0.3, 0.4) is 0 Å². The predicted octanol–water partition coefficient (Wildman–Crippen LogP) is 1.54. The van der Waals surface area contributed by atoms with Crippen molar-refractivity contribution in [2.24, 2.45) is 0 Å². The van der Waals surface area contributed by atoms with Crippen LogP contribution in [0.2, 0.25) is 0 Å². The minimum atomic E-state index is -3.33. The second-order valence-electron chi connectivity index (χ2n) is 4.72. The van der Waals surface area contributed by atoms with E-state index in [0.29, 0.717) is 11.2 Å². The molecule has 20 heavy (non-hydrogen) atoms. The lowest BCUT2D eigenvalue weighted by molar-refractivity contribution is 0.0698. The first-order valence-corrected chi connectivity index (χ1v) is 7.74. The van der Waals surface area contributed by atoms with Gasteiger partial charge in [-0.25, -0.2) is 17.6 Å². The molecule has 1 aromatic carbocycles. The molecule has 0 saturated carbocycles. The van der Waals surface area contributed by atoms with Gasteiger partial charge < -0.3 is 5.11 Å². The SMILES string of the molecule is O=C(O)c1c2c(nc3ccc(F)cc13)CCS(=O)(=O)C2. The van der Waals surface area contributed by atoms with E-state index in [-0.39, 0.29) is 34.4 Å². The van der Waals surface area contributed by atoms with Gasteiger partial charge in [0.05, 0.1) is 22.6 Å². The Kier molecular flexibility index (Phi) is 2.75. The van der Waals surface area contributed by atoms with E-state index < -0.39 is 21.6 Å².